The first-order chi connectivity index (χ1) is 12.5. The van der Waals surface area contributed by atoms with Crippen molar-refractivity contribution in [1.29, 1.82) is 5.26 Å². The van der Waals surface area contributed by atoms with E-state index in [-0.39, 0.29) is 16.2 Å². The number of piperazine rings is 1. The maximum absolute atomic E-state index is 13.8. The molecule has 1 aliphatic heterocycles. The highest BCUT2D eigenvalue weighted by Gasteiger charge is 2.22. The summed E-state index contributed by atoms with van der Waals surface area (Å²) in [7, 11) is 0. The molecule has 3 rings (SSSR count). The van der Waals surface area contributed by atoms with Gasteiger partial charge in [-0.25, -0.2) is 4.39 Å². The van der Waals surface area contributed by atoms with Gasteiger partial charge in [0, 0.05) is 44.4 Å². The first-order valence-corrected chi connectivity index (χ1v) is 8.40. The summed E-state index contributed by atoms with van der Waals surface area (Å²) in [6.45, 7) is 5.23. The molecule has 0 saturated carbocycles. The number of nitro benzene ring substituents is 1. The van der Waals surface area contributed by atoms with E-state index in [0.29, 0.717) is 30.9 Å². The van der Waals surface area contributed by atoms with Crippen LogP contribution in [0.4, 0.5) is 15.8 Å². The number of nitriles is 1. The first-order valence-electron chi connectivity index (χ1n) is 8.40. The molecule has 0 N–H and O–H groups in total. The van der Waals surface area contributed by atoms with Gasteiger partial charge in [-0.2, -0.15) is 5.26 Å². The van der Waals surface area contributed by atoms with Crippen LogP contribution in [-0.2, 0) is 6.54 Å². The van der Waals surface area contributed by atoms with Crippen LogP contribution in [0.2, 0.25) is 0 Å². The standard InChI is InChI=1S/C19H19FN4O2/c1-14-15(4-2-6-18(14)24(25)26)13-22-8-10-23(11-9-22)19-7-3-5-17(20)16(19)12-21/h2-7H,8-11,13H2,1H3. The topological polar surface area (TPSA) is 73.4 Å². The number of nitro groups is 1. The Balaban J connectivity index is 1.69. The van der Waals surface area contributed by atoms with E-state index in [2.05, 4.69) is 4.90 Å². The molecule has 0 aliphatic carbocycles. The van der Waals surface area contributed by atoms with E-state index in [0.717, 1.165) is 18.7 Å². The second-order valence-electron chi connectivity index (χ2n) is 6.33. The Morgan fingerprint density at radius 1 is 1.19 bits per heavy atom. The van der Waals surface area contributed by atoms with Crippen molar-refractivity contribution in [2.24, 2.45) is 0 Å². The lowest BCUT2D eigenvalue weighted by Gasteiger charge is -2.36. The van der Waals surface area contributed by atoms with Gasteiger partial charge in [-0.15, -0.1) is 0 Å². The van der Waals surface area contributed by atoms with Gasteiger partial charge in [0.05, 0.1) is 10.6 Å². The summed E-state index contributed by atoms with van der Waals surface area (Å²) in [4.78, 5) is 15.0. The maximum atomic E-state index is 13.8. The third kappa shape index (κ3) is 3.51. The fourth-order valence-electron chi connectivity index (χ4n) is 3.31. The van der Waals surface area contributed by atoms with Crippen LogP contribution < -0.4 is 4.90 Å². The quantitative estimate of drug-likeness (QED) is 0.622. The van der Waals surface area contributed by atoms with Gasteiger partial charge in [-0.05, 0) is 24.6 Å². The molecule has 6 nitrogen and oxygen atoms in total. The fourth-order valence-corrected chi connectivity index (χ4v) is 3.31. The number of hydrogen-bond acceptors (Lipinski definition) is 5. The Bertz CT molecular complexity index is 870. The van der Waals surface area contributed by atoms with E-state index in [1.165, 1.54) is 12.1 Å². The average Bonchev–Trinajstić information content (AvgIpc) is 2.63. The Hall–Kier alpha value is -2.98. The molecule has 0 spiro atoms. The molecule has 2 aromatic rings. The Morgan fingerprint density at radius 3 is 2.54 bits per heavy atom. The summed E-state index contributed by atoms with van der Waals surface area (Å²) < 4.78 is 13.8. The summed E-state index contributed by atoms with van der Waals surface area (Å²) in [5.74, 6) is -0.500. The normalized spacial score (nSPS) is 14.9. The molecule has 0 bridgehead atoms. The van der Waals surface area contributed by atoms with E-state index in [4.69, 9.17) is 0 Å². The molecule has 0 unspecified atom stereocenters. The summed E-state index contributed by atoms with van der Waals surface area (Å²) >= 11 is 0. The lowest BCUT2D eigenvalue weighted by molar-refractivity contribution is -0.385. The van der Waals surface area contributed by atoms with Crippen LogP contribution in [0.1, 0.15) is 16.7 Å². The van der Waals surface area contributed by atoms with E-state index in [9.17, 15) is 19.8 Å². The molecular formula is C19H19FN4O2. The molecule has 2 aromatic carbocycles. The highest BCUT2D eigenvalue weighted by molar-refractivity contribution is 5.60. The maximum Gasteiger partial charge on any atom is 0.272 e. The lowest BCUT2D eigenvalue weighted by Crippen LogP contribution is -2.46. The molecule has 0 atom stereocenters. The summed E-state index contributed by atoms with van der Waals surface area (Å²) in [5, 5.41) is 20.3. The molecular weight excluding hydrogens is 335 g/mol. The van der Waals surface area contributed by atoms with E-state index >= 15 is 0 Å². The van der Waals surface area contributed by atoms with E-state index in [1.54, 1.807) is 25.1 Å². The molecule has 7 heteroatoms. The second kappa shape index (κ2) is 7.50. The Kier molecular flexibility index (Phi) is 5.14. The summed E-state index contributed by atoms with van der Waals surface area (Å²) in [6.07, 6.45) is 0. The van der Waals surface area contributed by atoms with Gasteiger partial charge >= 0.3 is 0 Å². The van der Waals surface area contributed by atoms with Crippen LogP contribution in [0.25, 0.3) is 0 Å². The largest absolute Gasteiger partial charge is 0.368 e. The molecule has 1 aliphatic rings. The van der Waals surface area contributed by atoms with Crippen molar-refractivity contribution in [2.75, 3.05) is 31.1 Å². The number of nitrogens with zero attached hydrogens (tertiary/aromatic N) is 4. The van der Waals surface area contributed by atoms with Crippen LogP contribution in [-0.4, -0.2) is 36.0 Å². The van der Waals surface area contributed by atoms with Gasteiger partial charge in [0.25, 0.3) is 5.69 Å². The smallest absolute Gasteiger partial charge is 0.272 e. The number of hydrogen-bond donors (Lipinski definition) is 0. The molecule has 1 fully saturated rings. The average molecular weight is 354 g/mol. The van der Waals surface area contributed by atoms with Crippen LogP contribution in [0.5, 0.6) is 0 Å². The summed E-state index contributed by atoms with van der Waals surface area (Å²) in [6, 6.07) is 11.8. The molecule has 1 heterocycles. The Morgan fingerprint density at radius 2 is 1.88 bits per heavy atom. The van der Waals surface area contributed by atoms with Crippen molar-refractivity contribution in [2.45, 2.75) is 13.5 Å². The van der Waals surface area contributed by atoms with Gasteiger partial charge in [-0.3, -0.25) is 15.0 Å². The van der Waals surface area contributed by atoms with E-state index in [1.807, 2.05) is 17.0 Å². The number of anilines is 1. The second-order valence-corrected chi connectivity index (χ2v) is 6.33. The summed E-state index contributed by atoms with van der Waals surface area (Å²) in [5.41, 5.74) is 2.47. The third-order valence-corrected chi connectivity index (χ3v) is 4.82. The minimum absolute atomic E-state index is 0.0791. The number of halogens is 1. The van der Waals surface area contributed by atoms with Gasteiger partial charge < -0.3 is 4.90 Å². The highest BCUT2D eigenvalue weighted by atomic mass is 19.1. The van der Waals surface area contributed by atoms with Crippen molar-refractivity contribution >= 4 is 11.4 Å². The van der Waals surface area contributed by atoms with Crippen LogP contribution >= 0.6 is 0 Å². The minimum atomic E-state index is -0.500. The predicted octanol–water partition coefficient (Wildman–Crippen LogP) is 3.24. The molecule has 0 radical (unpaired) electrons. The zero-order valence-electron chi connectivity index (χ0n) is 14.5. The van der Waals surface area contributed by atoms with Crippen LogP contribution in [0.15, 0.2) is 36.4 Å². The van der Waals surface area contributed by atoms with Crippen molar-refractivity contribution in [3.8, 4) is 6.07 Å². The van der Waals surface area contributed by atoms with Crippen molar-refractivity contribution in [1.82, 2.24) is 4.90 Å². The molecule has 0 amide bonds. The van der Waals surface area contributed by atoms with Crippen LogP contribution in [0.3, 0.4) is 0 Å². The first kappa shape index (κ1) is 17.8. The molecule has 0 aromatic heterocycles. The molecule has 1 saturated heterocycles. The van der Waals surface area contributed by atoms with E-state index < -0.39 is 5.82 Å². The minimum Gasteiger partial charge on any atom is -0.368 e. The monoisotopic (exact) mass is 354 g/mol. The molecule has 26 heavy (non-hydrogen) atoms. The van der Waals surface area contributed by atoms with Crippen molar-refractivity contribution in [3.05, 3.63) is 69.0 Å². The predicted molar refractivity (Wildman–Crippen MR) is 96.4 cm³/mol. The third-order valence-electron chi connectivity index (χ3n) is 4.82. The van der Waals surface area contributed by atoms with Crippen LogP contribution in [0, 0.1) is 34.2 Å². The van der Waals surface area contributed by atoms with Gasteiger partial charge in [-0.1, -0.05) is 18.2 Å². The zero-order chi connectivity index (χ0) is 18.7. The molecule has 134 valence electrons. The Labute approximate surface area is 151 Å². The fraction of sp³-hybridized carbons (Fsp3) is 0.316. The van der Waals surface area contributed by atoms with Crippen molar-refractivity contribution in [3.63, 3.8) is 0 Å². The number of rotatable bonds is 4. The number of benzene rings is 2. The van der Waals surface area contributed by atoms with Gasteiger partial charge in [0.2, 0.25) is 0 Å². The SMILES string of the molecule is Cc1c(CN2CCN(c3cccc(F)c3C#N)CC2)cccc1[N+](=O)[O-]. The van der Waals surface area contributed by atoms with Gasteiger partial charge in [0.1, 0.15) is 17.4 Å². The van der Waals surface area contributed by atoms with Gasteiger partial charge in [0.15, 0.2) is 0 Å². The highest BCUT2D eigenvalue weighted by Crippen LogP contribution is 2.25. The zero-order valence-corrected chi connectivity index (χ0v) is 14.5. The van der Waals surface area contributed by atoms with Crippen molar-refractivity contribution < 1.29 is 9.31 Å². The lowest BCUT2D eigenvalue weighted by atomic mass is 10.1.